The Hall–Kier alpha value is -3.65. The molecule has 3 aromatic rings. The van der Waals surface area contributed by atoms with Gasteiger partial charge in [-0.15, -0.1) is 0 Å². The first-order valence-corrected chi connectivity index (χ1v) is 12.0. The predicted octanol–water partition coefficient (Wildman–Crippen LogP) is 4.01. The third kappa shape index (κ3) is 4.79. The van der Waals surface area contributed by atoms with E-state index < -0.39 is 4.92 Å². The summed E-state index contributed by atoms with van der Waals surface area (Å²) in [5.74, 6) is 0.0149. The number of carbonyl (C=O) groups excluding carboxylic acids is 1. The predicted molar refractivity (Wildman–Crippen MR) is 134 cm³/mol. The van der Waals surface area contributed by atoms with Gasteiger partial charge in [0.1, 0.15) is 5.69 Å². The van der Waals surface area contributed by atoms with Crippen molar-refractivity contribution in [3.8, 4) is 0 Å². The summed E-state index contributed by atoms with van der Waals surface area (Å²) in [5, 5.41) is 15.4. The van der Waals surface area contributed by atoms with Crippen molar-refractivity contribution < 1.29 is 9.72 Å². The largest absolute Gasteiger partial charge is 0.365 e. The Balaban J connectivity index is 1.32. The molecule has 8 nitrogen and oxygen atoms in total. The molecule has 5 rings (SSSR count). The van der Waals surface area contributed by atoms with Crippen LogP contribution in [0.3, 0.4) is 0 Å². The van der Waals surface area contributed by atoms with Crippen molar-refractivity contribution in [1.29, 1.82) is 0 Å². The van der Waals surface area contributed by atoms with Crippen LogP contribution >= 0.6 is 11.6 Å². The number of rotatable bonds is 6. The van der Waals surface area contributed by atoms with Crippen LogP contribution in [0, 0.1) is 16.0 Å². The number of amides is 1. The minimum atomic E-state index is -0.428. The maximum absolute atomic E-state index is 12.7. The van der Waals surface area contributed by atoms with Crippen molar-refractivity contribution in [3.63, 3.8) is 0 Å². The lowest BCUT2D eigenvalue weighted by atomic mass is 9.83. The van der Waals surface area contributed by atoms with E-state index in [1.165, 1.54) is 6.07 Å². The quantitative estimate of drug-likeness (QED) is 0.414. The number of hydrogen-bond acceptors (Lipinski definition) is 5. The van der Waals surface area contributed by atoms with Gasteiger partial charge in [0.05, 0.1) is 4.92 Å². The van der Waals surface area contributed by atoms with E-state index in [9.17, 15) is 19.7 Å². The molecule has 2 aromatic carbocycles. The molecule has 2 bridgehead atoms. The van der Waals surface area contributed by atoms with Crippen LogP contribution in [-0.2, 0) is 13.0 Å². The van der Waals surface area contributed by atoms with Gasteiger partial charge in [0, 0.05) is 60.5 Å². The van der Waals surface area contributed by atoms with Gasteiger partial charge in [-0.25, -0.2) is 0 Å². The van der Waals surface area contributed by atoms with Gasteiger partial charge < -0.3 is 14.8 Å². The van der Waals surface area contributed by atoms with E-state index in [0.717, 1.165) is 17.7 Å². The number of fused-ring (bicyclic) bond motifs is 4. The topological polar surface area (TPSA) is 97.5 Å². The highest BCUT2D eigenvalue weighted by Crippen LogP contribution is 2.39. The number of pyridine rings is 1. The first-order chi connectivity index (χ1) is 16.9. The molecule has 0 saturated carbocycles. The van der Waals surface area contributed by atoms with Gasteiger partial charge in [-0.2, -0.15) is 0 Å². The first-order valence-electron chi connectivity index (χ1n) is 11.6. The fraction of sp³-hybridized carbons (Fsp3) is 0.308. The molecule has 2 atom stereocenters. The van der Waals surface area contributed by atoms with Gasteiger partial charge in [0.25, 0.3) is 17.2 Å². The molecule has 180 valence electrons. The minimum Gasteiger partial charge on any atom is -0.365 e. The number of nitro groups is 1. The fourth-order valence-electron chi connectivity index (χ4n) is 5.24. The smallest absolute Gasteiger partial charge is 0.293 e. The first kappa shape index (κ1) is 23.1. The summed E-state index contributed by atoms with van der Waals surface area (Å²) in [4.78, 5) is 38.5. The van der Waals surface area contributed by atoms with Crippen LogP contribution in [0.5, 0.6) is 0 Å². The normalized spacial score (nSPS) is 18.6. The average Bonchev–Trinajstić information content (AvgIpc) is 2.85. The van der Waals surface area contributed by atoms with Crippen molar-refractivity contribution in [3.05, 3.63) is 103 Å². The van der Waals surface area contributed by atoms with Crippen molar-refractivity contribution >= 4 is 28.9 Å². The van der Waals surface area contributed by atoms with Crippen molar-refractivity contribution in [2.45, 2.75) is 25.3 Å². The summed E-state index contributed by atoms with van der Waals surface area (Å²) in [6, 6.07) is 17.4. The van der Waals surface area contributed by atoms with Gasteiger partial charge in [-0.1, -0.05) is 29.8 Å². The van der Waals surface area contributed by atoms with Gasteiger partial charge in [-0.05, 0) is 54.7 Å². The van der Waals surface area contributed by atoms with E-state index in [1.807, 2.05) is 27.7 Å². The highest BCUT2D eigenvalue weighted by molar-refractivity contribution is 6.30. The number of carbonyl (C=O) groups is 1. The van der Waals surface area contributed by atoms with E-state index in [1.54, 1.807) is 36.4 Å². The van der Waals surface area contributed by atoms with Crippen LogP contribution in [0.25, 0.3) is 0 Å². The van der Waals surface area contributed by atoms with Crippen LogP contribution in [0.4, 0.5) is 11.4 Å². The Morgan fingerprint density at radius 2 is 1.89 bits per heavy atom. The Kier molecular flexibility index (Phi) is 6.30. The summed E-state index contributed by atoms with van der Waals surface area (Å²) >= 11 is 5.90. The van der Waals surface area contributed by atoms with Crippen LogP contribution in [0.15, 0.2) is 65.5 Å². The molecule has 1 fully saturated rings. The maximum Gasteiger partial charge on any atom is 0.293 e. The monoisotopic (exact) mass is 492 g/mol. The number of hydrogen-bond donors (Lipinski definition) is 1. The third-order valence-electron chi connectivity index (χ3n) is 6.87. The molecule has 3 heterocycles. The van der Waals surface area contributed by atoms with E-state index in [2.05, 4.69) is 5.32 Å². The van der Waals surface area contributed by atoms with Gasteiger partial charge >= 0.3 is 0 Å². The number of nitrogens with one attached hydrogen (secondary N) is 1. The SMILES string of the molecule is O=C(NCCc1ccc(Cl)cc1)c1ccc(N2CC3CC(C2)c2cccc(=O)n2C3)c([N+](=O)[O-])c1. The molecule has 1 N–H and O–H groups in total. The molecule has 0 spiro atoms. The van der Waals surface area contributed by atoms with Gasteiger partial charge in [-0.3, -0.25) is 19.7 Å². The Morgan fingerprint density at radius 3 is 2.66 bits per heavy atom. The van der Waals surface area contributed by atoms with E-state index >= 15 is 0 Å². The Bertz CT molecular complexity index is 1340. The molecule has 2 aliphatic heterocycles. The average molecular weight is 493 g/mol. The lowest BCUT2D eigenvalue weighted by Gasteiger charge is -2.43. The number of halogens is 1. The highest BCUT2D eigenvalue weighted by Gasteiger charge is 2.36. The zero-order valence-corrected chi connectivity index (χ0v) is 19.8. The summed E-state index contributed by atoms with van der Waals surface area (Å²) in [6.45, 7) is 2.24. The fourth-order valence-corrected chi connectivity index (χ4v) is 5.37. The molecule has 0 radical (unpaired) electrons. The molecule has 9 heteroatoms. The molecular weight excluding hydrogens is 468 g/mol. The number of benzene rings is 2. The number of aromatic nitrogens is 1. The minimum absolute atomic E-state index is 0.00283. The highest BCUT2D eigenvalue weighted by atomic mass is 35.5. The summed E-state index contributed by atoms with van der Waals surface area (Å²) in [5.41, 5.74) is 2.71. The second kappa shape index (κ2) is 9.54. The Morgan fingerprint density at radius 1 is 1.09 bits per heavy atom. The molecule has 2 unspecified atom stereocenters. The summed E-state index contributed by atoms with van der Waals surface area (Å²) < 4.78 is 1.84. The summed E-state index contributed by atoms with van der Waals surface area (Å²) in [7, 11) is 0. The summed E-state index contributed by atoms with van der Waals surface area (Å²) in [6.07, 6.45) is 1.59. The lowest BCUT2D eigenvalue weighted by Crippen LogP contribution is -2.47. The van der Waals surface area contributed by atoms with Gasteiger partial charge in [0.2, 0.25) is 0 Å². The number of anilines is 1. The van der Waals surface area contributed by atoms with Gasteiger partial charge in [0.15, 0.2) is 0 Å². The van der Waals surface area contributed by atoms with Crippen molar-refractivity contribution in [1.82, 2.24) is 9.88 Å². The molecule has 2 aliphatic rings. The van der Waals surface area contributed by atoms with Crippen LogP contribution in [0.2, 0.25) is 5.02 Å². The van der Waals surface area contributed by atoms with Crippen molar-refractivity contribution in [2.24, 2.45) is 5.92 Å². The van der Waals surface area contributed by atoms with Crippen molar-refractivity contribution in [2.75, 3.05) is 24.5 Å². The van der Waals surface area contributed by atoms with E-state index in [4.69, 9.17) is 11.6 Å². The Labute approximate surface area is 207 Å². The van der Waals surface area contributed by atoms with E-state index in [0.29, 0.717) is 43.3 Å². The number of piperidine rings is 1. The standard InChI is InChI=1S/C26H25ClN4O4/c27-21-7-4-17(5-8-21)10-11-28-26(33)19-6-9-23(24(13-19)31(34)35)29-14-18-12-20(16-29)22-2-1-3-25(32)30(22)15-18/h1-9,13,18,20H,10-12,14-16H2,(H,28,33). The third-order valence-corrected chi connectivity index (χ3v) is 7.12. The number of nitrogens with zero attached hydrogens (tertiary/aromatic N) is 3. The van der Waals surface area contributed by atoms with Crippen LogP contribution < -0.4 is 15.8 Å². The second-order valence-corrected chi connectivity index (χ2v) is 9.63. The zero-order chi connectivity index (χ0) is 24.5. The lowest BCUT2D eigenvalue weighted by molar-refractivity contribution is -0.384. The molecule has 1 aromatic heterocycles. The molecule has 0 aliphatic carbocycles. The molecule has 1 amide bonds. The zero-order valence-electron chi connectivity index (χ0n) is 19.0. The molecule has 35 heavy (non-hydrogen) atoms. The maximum atomic E-state index is 12.7. The second-order valence-electron chi connectivity index (χ2n) is 9.20. The molecule has 1 saturated heterocycles. The van der Waals surface area contributed by atoms with Crippen LogP contribution in [0.1, 0.15) is 34.0 Å². The molecular formula is C26H25ClN4O4. The van der Waals surface area contributed by atoms with E-state index in [-0.39, 0.29) is 34.6 Å². The van der Waals surface area contributed by atoms with Crippen LogP contribution in [-0.4, -0.2) is 35.0 Å². The number of nitro benzene ring substituents is 1.